The monoisotopic (exact) mass is 233 g/mol. The molecule has 0 bridgehead atoms. The first-order valence-electron chi connectivity index (χ1n) is 4.27. The van der Waals surface area contributed by atoms with Gasteiger partial charge in [0, 0.05) is 0 Å². The van der Waals surface area contributed by atoms with E-state index in [1.54, 1.807) is 0 Å². The van der Waals surface area contributed by atoms with E-state index in [1.165, 1.54) is 19.1 Å². The van der Waals surface area contributed by atoms with Crippen LogP contribution in [0.15, 0.2) is 24.3 Å². The number of aliphatic hydroxyl groups is 1. The molecule has 0 aromatic heterocycles. The lowest BCUT2D eigenvalue weighted by atomic mass is 10.1. The van der Waals surface area contributed by atoms with Gasteiger partial charge in [-0.1, -0.05) is 12.1 Å². The summed E-state index contributed by atoms with van der Waals surface area (Å²) in [6.45, 7) is 1.29. The number of hydrogen-bond acceptors (Lipinski definition) is 3. The quantitative estimate of drug-likeness (QED) is 0.799. The highest BCUT2D eigenvalue weighted by atomic mass is 32.2. The smallest absolute Gasteiger partial charge is 0.214 e. The summed E-state index contributed by atoms with van der Waals surface area (Å²) < 4.78 is 34.5. The second kappa shape index (κ2) is 4.26. The van der Waals surface area contributed by atoms with Gasteiger partial charge in [-0.2, -0.15) is 0 Å². The molecule has 0 fully saturated rings. The molecule has 0 aliphatic rings. The minimum Gasteiger partial charge on any atom is -0.387 e. The molecular formula is C9H12FNO3S. The van der Waals surface area contributed by atoms with E-state index in [0.717, 1.165) is 12.1 Å². The van der Waals surface area contributed by atoms with Crippen molar-refractivity contribution in [2.45, 2.75) is 18.3 Å². The molecule has 84 valence electrons. The van der Waals surface area contributed by atoms with Gasteiger partial charge in [0.05, 0.1) is 6.10 Å². The van der Waals surface area contributed by atoms with E-state index in [0.29, 0.717) is 5.56 Å². The molecule has 0 saturated heterocycles. The standard InChI is InChI=1S/C9H12FNO3S/c1-6(15(11,13)14)9(12)7-2-4-8(10)5-3-7/h2-6,9,12H,1H3,(H2,11,13,14)/t6-,9+/m0/s1. The first kappa shape index (κ1) is 12.1. The predicted molar refractivity (Wildman–Crippen MR) is 53.9 cm³/mol. The van der Waals surface area contributed by atoms with Crippen molar-refractivity contribution in [3.05, 3.63) is 35.6 Å². The SMILES string of the molecule is C[C@@H]([C@@H](O)c1ccc(F)cc1)S(N)(=O)=O. The van der Waals surface area contributed by atoms with Crippen LogP contribution in [0.25, 0.3) is 0 Å². The minimum atomic E-state index is -3.80. The zero-order chi connectivity index (χ0) is 11.6. The van der Waals surface area contributed by atoms with Gasteiger partial charge in [0.2, 0.25) is 10.0 Å². The van der Waals surface area contributed by atoms with E-state index in [4.69, 9.17) is 5.14 Å². The number of halogens is 1. The molecular weight excluding hydrogens is 221 g/mol. The minimum absolute atomic E-state index is 0.318. The zero-order valence-corrected chi connectivity index (χ0v) is 8.91. The molecule has 1 aromatic carbocycles. The van der Waals surface area contributed by atoms with Crippen LogP contribution < -0.4 is 5.14 Å². The molecule has 4 nitrogen and oxygen atoms in total. The molecule has 0 unspecified atom stereocenters. The predicted octanol–water partition coefficient (Wildman–Crippen LogP) is 0.536. The Hall–Kier alpha value is -0.980. The van der Waals surface area contributed by atoms with Crippen molar-refractivity contribution in [2.24, 2.45) is 5.14 Å². The van der Waals surface area contributed by atoms with Gasteiger partial charge >= 0.3 is 0 Å². The van der Waals surface area contributed by atoms with Gasteiger partial charge < -0.3 is 5.11 Å². The number of nitrogens with two attached hydrogens (primary N) is 1. The Balaban J connectivity index is 2.95. The number of primary sulfonamides is 1. The molecule has 0 amide bonds. The van der Waals surface area contributed by atoms with E-state index in [-0.39, 0.29) is 0 Å². The maximum absolute atomic E-state index is 12.6. The largest absolute Gasteiger partial charge is 0.387 e. The summed E-state index contributed by atoms with van der Waals surface area (Å²) in [7, 11) is -3.80. The number of rotatable bonds is 3. The third-order valence-electron chi connectivity index (χ3n) is 2.17. The molecule has 3 N–H and O–H groups in total. The Morgan fingerprint density at radius 1 is 1.33 bits per heavy atom. The van der Waals surface area contributed by atoms with Crippen molar-refractivity contribution in [1.29, 1.82) is 0 Å². The second-order valence-electron chi connectivity index (χ2n) is 3.29. The summed E-state index contributed by atoms with van der Waals surface area (Å²) >= 11 is 0. The lowest BCUT2D eigenvalue weighted by Crippen LogP contribution is -2.31. The highest BCUT2D eigenvalue weighted by Gasteiger charge is 2.25. The van der Waals surface area contributed by atoms with Crippen LogP contribution >= 0.6 is 0 Å². The highest BCUT2D eigenvalue weighted by molar-refractivity contribution is 7.89. The molecule has 0 radical (unpaired) electrons. The van der Waals surface area contributed by atoms with Crippen LogP contribution in [0, 0.1) is 5.82 Å². The maximum atomic E-state index is 12.6. The summed E-state index contributed by atoms with van der Waals surface area (Å²) in [5.41, 5.74) is 0.318. The second-order valence-corrected chi connectivity index (χ2v) is 5.21. The third kappa shape index (κ3) is 2.98. The molecule has 0 aliphatic heterocycles. The van der Waals surface area contributed by atoms with E-state index in [1.807, 2.05) is 0 Å². The van der Waals surface area contributed by atoms with Gasteiger partial charge in [0.25, 0.3) is 0 Å². The van der Waals surface area contributed by atoms with Crippen LogP contribution in [0.1, 0.15) is 18.6 Å². The van der Waals surface area contributed by atoms with E-state index < -0.39 is 27.2 Å². The Labute approximate surface area is 87.6 Å². The van der Waals surface area contributed by atoms with Gasteiger partial charge in [0.15, 0.2) is 0 Å². The zero-order valence-electron chi connectivity index (χ0n) is 8.09. The number of sulfonamides is 1. The summed E-state index contributed by atoms with van der Waals surface area (Å²) in [6, 6.07) is 4.94. The van der Waals surface area contributed by atoms with Crippen molar-refractivity contribution in [3.8, 4) is 0 Å². The van der Waals surface area contributed by atoms with E-state index in [2.05, 4.69) is 0 Å². The van der Waals surface area contributed by atoms with Crippen molar-refractivity contribution in [2.75, 3.05) is 0 Å². The van der Waals surface area contributed by atoms with Crippen LogP contribution in [0.3, 0.4) is 0 Å². The first-order valence-corrected chi connectivity index (χ1v) is 5.88. The van der Waals surface area contributed by atoms with Crippen LogP contribution in [-0.2, 0) is 10.0 Å². The lowest BCUT2D eigenvalue weighted by Gasteiger charge is -2.16. The van der Waals surface area contributed by atoms with Gasteiger partial charge in [-0.3, -0.25) is 0 Å². The molecule has 1 aromatic rings. The van der Waals surface area contributed by atoms with Crippen LogP contribution in [-0.4, -0.2) is 18.8 Å². The molecule has 0 saturated carbocycles. The fourth-order valence-corrected chi connectivity index (χ4v) is 1.63. The van der Waals surface area contributed by atoms with Crippen LogP contribution in [0.4, 0.5) is 4.39 Å². The molecule has 0 spiro atoms. The van der Waals surface area contributed by atoms with Crippen LogP contribution in [0.2, 0.25) is 0 Å². The normalized spacial score (nSPS) is 16.0. The molecule has 0 aliphatic carbocycles. The maximum Gasteiger partial charge on any atom is 0.214 e. The summed E-state index contributed by atoms with van der Waals surface area (Å²) in [6.07, 6.45) is -1.25. The summed E-state index contributed by atoms with van der Waals surface area (Å²) in [4.78, 5) is 0. The Morgan fingerprint density at radius 3 is 2.20 bits per heavy atom. The van der Waals surface area contributed by atoms with Gasteiger partial charge in [-0.15, -0.1) is 0 Å². The summed E-state index contributed by atoms with van der Waals surface area (Å²) in [5.74, 6) is -0.450. The third-order valence-corrected chi connectivity index (χ3v) is 3.47. The fraction of sp³-hybridized carbons (Fsp3) is 0.333. The topological polar surface area (TPSA) is 80.4 Å². The van der Waals surface area contributed by atoms with Crippen molar-refractivity contribution < 1.29 is 17.9 Å². The first-order chi connectivity index (χ1) is 6.82. The molecule has 2 atom stereocenters. The van der Waals surface area contributed by atoms with Gasteiger partial charge in [-0.25, -0.2) is 17.9 Å². The summed E-state index contributed by atoms with van der Waals surface area (Å²) in [5, 5.41) is 13.4. The molecule has 1 rings (SSSR count). The molecule has 15 heavy (non-hydrogen) atoms. The van der Waals surface area contributed by atoms with Crippen molar-refractivity contribution in [1.82, 2.24) is 0 Å². The lowest BCUT2D eigenvalue weighted by molar-refractivity contribution is 0.176. The molecule has 0 heterocycles. The van der Waals surface area contributed by atoms with E-state index in [9.17, 15) is 17.9 Å². The Bertz CT molecular complexity index is 429. The van der Waals surface area contributed by atoms with Crippen LogP contribution in [0.5, 0.6) is 0 Å². The number of benzene rings is 1. The fourth-order valence-electron chi connectivity index (χ4n) is 1.11. The van der Waals surface area contributed by atoms with Crippen molar-refractivity contribution in [3.63, 3.8) is 0 Å². The average Bonchev–Trinajstić information content (AvgIpc) is 2.15. The number of aliphatic hydroxyl groups excluding tert-OH is 1. The average molecular weight is 233 g/mol. The van der Waals surface area contributed by atoms with E-state index >= 15 is 0 Å². The van der Waals surface area contributed by atoms with Gasteiger partial charge in [0.1, 0.15) is 11.1 Å². The van der Waals surface area contributed by atoms with Gasteiger partial charge in [-0.05, 0) is 24.6 Å². The number of hydrogen-bond donors (Lipinski definition) is 2. The van der Waals surface area contributed by atoms with Crippen molar-refractivity contribution >= 4 is 10.0 Å². The Morgan fingerprint density at radius 2 is 1.80 bits per heavy atom. The highest BCUT2D eigenvalue weighted by Crippen LogP contribution is 2.20. The molecule has 6 heteroatoms. The Kier molecular flexibility index (Phi) is 3.43.